The first kappa shape index (κ1) is 19.6. The SMILES string of the molecule is CN(Cc1ccc2c(c1)OCO2)C(=O)C(=Cc1ccco1)n1nnnc1-c1ccccc1. The Morgan fingerprint density at radius 1 is 1.09 bits per heavy atom. The van der Waals surface area contributed by atoms with E-state index in [9.17, 15) is 4.79 Å². The van der Waals surface area contributed by atoms with Crippen molar-refractivity contribution in [3.63, 3.8) is 0 Å². The number of fused-ring (bicyclic) bond motifs is 1. The molecule has 0 bridgehead atoms. The zero-order valence-electron chi connectivity index (χ0n) is 17.2. The third-order valence-corrected chi connectivity index (χ3v) is 4.97. The zero-order chi connectivity index (χ0) is 21.9. The van der Waals surface area contributed by atoms with Gasteiger partial charge in [0.25, 0.3) is 5.91 Å². The molecule has 0 saturated carbocycles. The lowest BCUT2D eigenvalue weighted by Gasteiger charge is -2.19. The number of tetrazole rings is 1. The van der Waals surface area contributed by atoms with E-state index in [0.29, 0.717) is 29.6 Å². The van der Waals surface area contributed by atoms with Crippen molar-refractivity contribution in [2.45, 2.75) is 6.54 Å². The minimum atomic E-state index is -0.274. The van der Waals surface area contributed by atoms with Crippen LogP contribution in [0.3, 0.4) is 0 Å². The van der Waals surface area contributed by atoms with Gasteiger partial charge in [0, 0.05) is 25.2 Å². The third-order valence-electron chi connectivity index (χ3n) is 4.97. The van der Waals surface area contributed by atoms with Crippen molar-refractivity contribution in [3.8, 4) is 22.9 Å². The van der Waals surface area contributed by atoms with E-state index in [1.54, 1.807) is 36.4 Å². The van der Waals surface area contributed by atoms with Crippen molar-refractivity contribution < 1.29 is 18.7 Å². The number of ether oxygens (including phenoxy) is 2. The molecule has 0 radical (unpaired) electrons. The number of carbonyl (C=O) groups is 1. The molecular formula is C23H19N5O4. The van der Waals surface area contributed by atoms with Crippen LogP contribution in [0.2, 0.25) is 0 Å². The lowest BCUT2D eigenvalue weighted by molar-refractivity contribution is -0.124. The summed E-state index contributed by atoms with van der Waals surface area (Å²) in [7, 11) is 1.72. The van der Waals surface area contributed by atoms with E-state index < -0.39 is 0 Å². The molecule has 0 unspecified atom stereocenters. The third kappa shape index (κ3) is 3.83. The van der Waals surface area contributed by atoms with Gasteiger partial charge in [-0.25, -0.2) is 0 Å². The Morgan fingerprint density at radius 3 is 2.75 bits per heavy atom. The topological polar surface area (TPSA) is 95.5 Å². The maximum absolute atomic E-state index is 13.5. The van der Waals surface area contributed by atoms with Crippen LogP contribution in [0.25, 0.3) is 23.2 Å². The van der Waals surface area contributed by atoms with Crippen LogP contribution in [0.4, 0.5) is 0 Å². The number of benzene rings is 2. The molecule has 0 fully saturated rings. The molecule has 0 saturated heterocycles. The van der Waals surface area contributed by atoms with Gasteiger partial charge < -0.3 is 18.8 Å². The van der Waals surface area contributed by atoms with Crippen molar-refractivity contribution in [1.29, 1.82) is 0 Å². The second kappa shape index (κ2) is 8.38. The maximum Gasteiger partial charge on any atom is 0.272 e. The van der Waals surface area contributed by atoms with Crippen molar-refractivity contribution in [3.05, 3.63) is 78.3 Å². The molecule has 0 atom stereocenters. The Labute approximate surface area is 183 Å². The predicted octanol–water partition coefficient (Wildman–Crippen LogP) is 3.32. The Hall–Kier alpha value is -4.40. The fourth-order valence-corrected chi connectivity index (χ4v) is 3.42. The standard InChI is InChI=1S/C23H19N5O4/c1-27(14-16-9-10-20-21(12-16)32-15-31-20)23(29)19(13-18-8-5-11-30-18)28-22(24-25-26-28)17-6-3-2-4-7-17/h2-13H,14-15H2,1H3. The van der Waals surface area contributed by atoms with E-state index in [0.717, 1.165) is 11.1 Å². The summed E-state index contributed by atoms with van der Waals surface area (Å²) in [6.07, 6.45) is 3.17. The number of aromatic nitrogens is 4. The number of rotatable bonds is 6. The summed E-state index contributed by atoms with van der Waals surface area (Å²) in [6.45, 7) is 0.554. The summed E-state index contributed by atoms with van der Waals surface area (Å²) in [6, 6.07) is 18.6. The number of amides is 1. The number of likely N-dealkylation sites (N-methyl/N-ethyl adjacent to an activating group) is 1. The Balaban J connectivity index is 1.48. The molecule has 9 heteroatoms. The van der Waals surface area contributed by atoms with Gasteiger partial charge in [0.15, 0.2) is 17.3 Å². The van der Waals surface area contributed by atoms with Gasteiger partial charge in [-0.05, 0) is 40.3 Å². The largest absolute Gasteiger partial charge is 0.465 e. The Bertz CT molecular complexity index is 1260. The molecule has 4 aromatic rings. The molecule has 0 aliphatic carbocycles. The molecule has 5 rings (SSSR count). The molecule has 1 aliphatic heterocycles. The Kier molecular flexibility index (Phi) is 5.12. The van der Waals surface area contributed by atoms with E-state index in [-0.39, 0.29) is 18.4 Å². The number of nitrogens with zero attached hydrogens (tertiary/aromatic N) is 5. The zero-order valence-corrected chi connectivity index (χ0v) is 17.2. The second-order valence-corrected chi connectivity index (χ2v) is 7.17. The van der Waals surface area contributed by atoms with Crippen LogP contribution >= 0.6 is 0 Å². The first-order valence-electron chi connectivity index (χ1n) is 9.92. The molecule has 3 heterocycles. The molecule has 1 aliphatic rings. The highest BCUT2D eigenvalue weighted by Crippen LogP contribution is 2.33. The van der Waals surface area contributed by atoms with E-state index in [2.05, 4.69) is 15.5 Å². The van der Waals surface area contributed by atoms with Crippen molar-refractivity contribution in [1.82, 2.24) is 25.1 Å². The van der Waals surface area contributed by atoms with Crippen LogP contribution in [-0.2, 0) is 11.3 Å². The molecular weight excluding hydrogens is 410 g/mol. The molecule has 2 aromatic heterocycles. The lowest BCUT2D eigenvalue weighted by atomic mass is 10.1. The quantitative estimate of drug-likeness (QED) is 0.434. The molecule has 32 heavy (non-hydrogen) atoms. The van der Waals surface area contributed by atoms with E-state index in [1.165, 1.54) is 4.68 Å². The number of furan rings is 1. The molecule has 1 amide bonds. The van der Waals surface area contributed by atoms with Gasteiger partial charge in [-0.1, -0.05) is 36.4 Å². The van der Waals surface area contributed by atoms with Crippen LogP contribution in [0.15, 0.2) is 71.3 Å². The average Bonchev–Trinajstić information content (AvgIpc) is 3.59. The fraction of sp³-hybridized carbons (Fsp3) is 0.130. The van der Waals surface area contributed by atoms with Crippen molar-refractivity contribution in [2.75, 3.05) is 13.8 Å². The average molecular weight is 429 g/mol. The van der Waals surface area contributed by atoms with Gasteiger partial charge >= 0.3 is 0 Å². The summed E-state index contributed by atoms with van der Waals surface area (Å²) in [4.78, 5) is 15.1. The van der Waals surface area contributed by atoms with E-state index in [1.807, 2.05) is 48.5 Å². The van der Waals surface area contributed by atoms with E-state index >= 15 is 0 Å². The smallest absolute Gasteiger partial charge is 0.272 e. The van der Waals surface area contributed by atoms with Crippen LogP contribution in [0.1, 0.15) is 11.3 Å². The molecule has 9 nitrogen and oxygen atoms in total. The first-order chi connectivity index (χ1) is 15.7. The number of hydrogen-bond donors (Lipinski definition) is 0. The highest BCUT2D eigenvalue weighted by molar-refractivity contribution is 6.18. The summed E-state index contributed by atoms with van der Waals surface area (Å²) in [5, 5.41) is 12.0. The minimum Gasteiger partial charge on any atom is -0.465 e. The summed E-state index contributed by atoms with van der Waals surface area (Å²) in [5.74, 6) is 2.06. The second-order valence-electron chi connectivity index (χ2n) is 7.17. The monoisotopic (exact) mass is 429 g/mol. The Morgan fingerprint density at radius 2 is 1.94 bits per heavy atom. The maximum atomic E-state index is 13.5. The summed E-state index contributed by atoms with van der Waals surface area (Å²) >= 11 is 0. The normalized spacial score (nSPS) is 12.7. The number of carbonyl (C=O) groups excluding carboxylic acids is 1. The van der Waals surface area contributed by atoms with Crippen LogP contribution in [-0.4, -0.2) is 44.9 Å². The highest BCUT2D eigenvalue weighted by atomic mass is 16.7. The van der Waals surface area contributed by atoms with Gasteiger partial charge in [0.1, 0.15) is 11.5 Å². The van der Waals surface area contributed by atoms with Crippen LogP contribution in [0.5, 0.6) is 11.5 Å². The van der Waals surface area contributed by atoms with Crippen LogP contribution < -0.4 is 9.47 Å². The molecule has 2 aromatic carbocycles. The summed E-state index contributed by atoms with van der Waals surface area (Å²) in [5.41, 5.74) is 1.95. The molecule has 0 N–H and O–H groups in total. The van der Waals surface area contributed by atoms with Gasteiger partial charge in [0.2, 0.25) is 6.79 Å². The number of hydrogen-bond acceptors (Lipinski definition) is 7. The predicted molar refractivity (Wildman–Crippen MR) is 115 cm³/mol. The van der Waals surface area contributed by atoms with Gasteiger partial charge in [-0.3, -0.25) is 4.79 Å². The van der Waals surface area contributed by atoms with Gasteiger partial charge in [-0.2, -0.15) is 4.68 Å². The van der Waals surface area contributed by atoms with Gasteiger partial charge in [-0.15, -0.1) is 5.10 Å². The minimum absolute atomic E-state index is 0.200. The first-order valence-corrected chi connectivity index (χ1v) is 9.92. The van der Waals surface area contributed by atoms with Crippen LogP contribution in [0, 0.1) is 0 Å². The van der Waals surface area contributed by atoms with Gasteiger partial charge in [0.05, 0.1) is 6.26 Å². The molecule has 0 spiro atoms. The van der Waals surface area contributed by atoms with E-state index in [4.69, 9.17) is 13.9 Å². The highest BCUT2D eigenvalue weighted by Gasteiger charge is 2.23. The lowest BCUT2D eigenvalue weighted by Crippen LogP contribution is -2.29. The molecule has 160 valence electrons. The van der Waals surface area contributed by atoms with Crippen molar-refractivity contribution in [2.24, 2.45) is 0 Å². The van der Waals surface area contributed by atoms with Crippen molar-refractivity contribution >= 4 is 17.7 Å². The fourth-order valence-electron chi connectivity index (χ4n) is 3.42. The summed E-state index contributed by atoms with van der Waals surface area (Å²) < 4.78 is 17.7.